The van der Waals surface area contributed by atoms with E-state index in [4.69, 9.17) is 11.5 Å². The Balaban J connectivity index is 2.13. The summed E-state index contributed by atoms with van der Waals surface area (Å²) in [5.74, 6) is 0.186. The van der Waals surface area contributed by atoms with Crippen molar-refractivity contribution < 1.29 is 4.79 Å². The lowest BCUT2D eigenvalue weighted by Crippen LogP contribution is -2.34. The van der Waals surface area contributed by atoms with Gasteiger partial charge in [-0.1, -0.05) is 6.92 Å². The summed E-state index contributed by atoms with van der Waals surface area (Å²) in [4.78, 5) is 19.3. The van der Waals surface area contributed by atoms with E-state index in [1.54, 1.807) is 6.20 Å². The van der Waals surface area contributed by atoms with Crippen LogP contribution in [0.3, 0.4) is 0 Å². The Bertz CT molecular complexity index is 666. The van der Waals surface area contributed by atoms with Gasteiger partial charge < -0.3 is 16.4 Å². The first-order valence-electron chi connectivity index (χ1n) is 6.79. The van der Waals surface area contributed by atoms with Gasteiger partial charge in [0.15, 0.2) is 0 Å². The van der Waals surface area contributed by atoms with E-state index in [9.17, 15) is 4.79 Å². The summed E-state index contributed by atoms with van der Waals surface area (Å²) in [5.41, 5.74) is 13.0. The molecule has 0 aliphatic carbocycles. The number of anilines is 2. The Morgan fingerprint density at radius 3 is 3.05 bits per heavy atom. The third-order valence-electron chi connectivity index (χ3n) is 3.83. The molecule has 0 saturated carbocycles. The molecule has 0 spiro atoms. The lowest BCUT2D eigenvalue weighted by molar-refractivity contribution is 0.100. The number of fused-ring (bicyclic) bond motifs is 1. The second kappa shape index (κ2) is 4.94. The van der Waals surface area contributed by atoms with Gasteiger partial charge in [-0.2, -0.15) is 0 Å². The van der Waals surface area contributed by atoms with Gasteiger partial charge in [0.1, 0.15) is 9.71 Å². The van der Waals surface area contributed by atoms with Crippen molar-refractivity contribution in [3.8, 4) is 0 Å². The Labute approximate surface area is 121 Å². The number of amides is 1. The van der Waals surface area contributed by atoms with E-state index in [0.29, 0.717) is 16.5 Å². The molecular formula is C14H18N4OS. The van der Waals surface area contributed by atoms with Gasteiger partial charge in [0, 0.05) is 19.3 Å². The number of carbonyl (C=O) groups excluding carboxylic acids is 1. The van der Waals surface area contributed by atoms with Crippen molar-refractivity contribution in [2.45, 2.75) is 19.8 Å². The molecule has 20 heavy (non-hydrogen) atoms. The maximum Gasteiger partial charge on any atom is 0.260 e. The van der Waals surface area contributed by atoms with Crippen LogP contribution in [0, 0.1) is 5.92 Å². The molecule has 1 atom stereocenters. The molecule has 1 unspecified atom stereocenters. The molecule has 2 aromatic rings. The average molecular weight is 290 g/mol. The van der Waals surface area contributed by atoms with Crippen LogP contribution >= 0.6 is 11.3 Å². The van der Waals surface area contributed by atoms with E-state index < -0.39 is 5.91 Å². The third-order valence-corrected chi connectivity index (χ3v) is 4.96. The molecule has 3 heterocycles. The maximum absolute atomic E-state index is 11.4. The smallest absolute Gasteiger partial charge is 0.260 e. The molecule has 0 bridgehead atoms. The van der Waals surface area contributed by atoms with Crippen LogP contribution in [-0.2, 0) is 0 Å². The number of nitrogens with zero attached hydrogens (tertiary/aromatic N) is 2. The molecule has 4 N–H and O–H groups in total. The van der Waals surface area contributed by atoms with Crippen molar-refractivity contribution in [1.82, 2.24) is 4.98 Å². The minimum atomic E-state index is -0.483. The fourth-order valence-corrected chi connectivity index (χ4v) is 3.82. The average Bonchev–Trinajstić information content (AvgIpc) is 2.76. The first kappa shape index (κ1) is 13.2. The summed E-state index contributed by atoms with van der Waals surface area (Å²) < 4.78 is 0. The summed E-state index contributed by atoms with van der Waals surface area (Å²) in [6.45, 7) is 4.29. The number of nitrogens with two attached hydrogens (primary N) is 2. The van der Waals surface area contributed by atoms with Gasteiger partial charge in [0.05, 0.1) is 16.8 Å². The van der Waals surface area contributed by atoms with E-state index in [0.717, 1.165) is 29.0 Å². The Kier molecular flexibility index (Phi) is 3.25. The minimum absolute atomic E-state index is 0.407. The highest BCUT2D eigenvalue weighted by atomic mass is 32.1. The predicted octanol–water partition coefficient (Wildman–Crippen LogP) is 2.21. The number of aromatic nitrogens is 1. The lowest BCUT2D eigenvalue weighted by atomic mass is 9.99. The van der Waals surface area contributed by atoms with Gasteiger partial charge in [-0.25, -0.2) is 4.98 Å². The molecule has 5 nitrogen and oxygen atoms in total. The molecule has 1 aliphatic heterocycles. The summed E-state index contributed by atoms with van der Waals surface area (Å²) in [6, 6.07) is 1.98. The van der Waals surface area contributed by atoms with Crippen LogP contribution in [0.15, 0.2) is 12.3 Å². The quantitative estimate of drug-likeness (QED) is 0.888. The van der Waals surface area contributed by atoms with Gasteiger partial charge in [-0.15, -0.1) is 11.3 Å². The normalized spacial score (nSPS) is 19.4. The lowest BCUT2D eigenvalue weighted by Gasteiger charge is -2.33. The SMILES string of the molecule is CC1CCCN(c2ccnc3sc(C(N)=O)c(N)c23)C1. The van der Waals surface area contributed by atoms with Crippen LogP contribution in [0.25, 0.3) is 10.2 Å². The van der Waals surface area contributed by atoms with Crippen LogP contribution in [-0.4, -0.2) is 24.0 Å². The highest BCUT2D eigenvalue weighted by Crippen LogP contribution is 2.39. The number of rotatable bonds is 2. The molecule has 106 valence electrons. The zero-order valence-electron chi connectivity index (χ0n) is 11.4. The van der Waals surface area contributed by atoms with Gasteiger partial charge in [0.25, 0.3) is 5.91 Å². The summed E-state index contributed by atoms with van der Waals surface area (Å²) >= 11 is 1.27. The van der Waals surface area contributed by atoms with E-state index >= 15 is 0 Å². The topological polar surface area (TPSA) is 85.2 Å². The molecule has 2 aromatic heterocycles. The van der Waals surface area contributed by atoms with E-state index in [1.807, 2.05) is 6.07 Å². The first-order valence-corrected chi connectivity index (χ1v) is 7.61. The van der Waals surface area contributed by atoms with Crippen LogP contribution in [0.4, 0.5) is 11.4 Å². The Morgan fingerprint density at radius 2 is 2.35 bits per heavy atom. The maximum atomic E-state index is 11.4. The predicted molar refractivity (Wildman–Crippen MR) is 83.2 cm³/mol. The number of thiophene rings is 1. The standard InChI is InChI=1S/C14H18N4OS/c1-8-3-2-6-18(7-8)9-4-5-17-14-10(9)11(15)12(20-14)13(16)19/h4-5,8H,2-3,6-7,15H2,1H3,(H2,16,19). The molecule has 3 rings (SSSR count). The van der Waals surface area contributed by atoms with Gasteiger partial charge in [-0.05, 0) is 24.8 Å². The molecular weight excluding hydrogens is 272 g/mol. The van der Waals surface area contributed by atoms with E-state index in [1.165, 1.54) is 24.2 Å². The molecule has 0 radical (unpaired) electrons. The number of carbonyl (C=O) groups is 1. The highest BCUT2D eigenvalue weighted by Gasteiger charge is 2.23. The number of hydrogen-bond donors (Lipinski definition) is 2. The fraction of sp³-hybridized carbons (Fsp3) is 0.429. The number of pyridine rings is 1. The van der Waals surface area contributed by atoms with Gasteiger partial charge >= 0.3 is 0 Å². The monoisotopic (exact) mass is 290 g/mol. The van der Waals surface area contributed by atoms with Crippen molar-refractivity contribution in [2.75, 3.05) is 23.7 Å². The number of nitrogen functional groups attached to an aromatic ring is 1. The zero-order valence-corrected chi connectivity index (χ0v) is 12.2. The second-order valence-electron chi connectivity index (χ2n) is 5.41. The fourth-order valence-electron chi connectivity index (χ4n) is 2.88. The van der Waals surface area contributed by atoms with Gasteiger partial charge in [-0.3, -0.25) is 4.79 Å². The van der Waals surface area contributed by atoms with Crippen LogP contribution in [0.5, 0.6) is 0 Å². The molecule has 1 aliphatic rings. The van der Waals surface area contributed by atoms with Crippen molar-refractivity contribution >= 4 is 38.8 Å². The Morgan fingerprint density at radius 1 is 1.55 bits per heavy atom. The zero-order chi connectivity index (χ0) is 14.3. The second-order valence-corrected chi connectivity index (χ2v) is 6.41. The highest BCUT2D eigenvalue weighted by molar-refractivity contribution is 7.21. The van der Waals surface area contributed by atoms with E-state index in [2.05, 4.69) is 16.8 Å². The summed E-state index contributed by atoms with van der Waals surface area (Å²) in [7, 11) is 0. The molecule has 1 saturated heterocycles. The largest absolute Gasteiger partial charge is 0.397 e. The summed E-state index contributed by atoms with van der Waals surface area (Å²) in [5, 5.41) is 0.875. The van der Waals surface area contributed by atoms with Crippen molar-refractivity contribution in [1.29, 1.82) is 0 Å². The number of primary amides is 1. The molecule has 0 aromatic carbocycles. The Hall–Kier alpha value is -1.82. The van der Waals surface area contributed by atoms with Crippen molar-refractivity contribution in [3.63, 3.8) is 0 Å². The van der Waals surface area contributed by atoms with E-state index in [-0.39, 0.29) is 0 Å². The van der Waals surface area contributed by atoms with Crippen LogP contribution in [0.2, 0.25) is 0 Å². The molecule has 1 amide bonds. The molecule has 1 fully saturated rings. The summed E-state index contributed by atoms with van der Waals surface area (Å²) in [6.07, 6.45) is 4.21. The van der Waals surface area contributed by atoms with Gasteiger partial charge in [0.2, 0.25) is 0 Å². The van der Waals surface area contributed by atoms with Crippen molar-refractivity contribution in [2.24, 2.45) is 11.7 Å². The molecule has 6 heteroatoms. The van der Waals surface area contributed by atoms with Crippen LogP contribution in [0.1, 0.15) is 29.4 Å². The van der Waals surface area contributed by atoms with Crippen molar-refractivity contribution in [3.05, 3.63) is 17.1 Å². The number of hydrogen-bond acceptors (Lipinski definition) is 5. The third kappa shape index (κ3) is 2.10. The number of piperidine rings is 1. The first-order chi connectivity index (χ1) is 9.58. The van der Waals surface area contributed by atoms with Crippen LogP contribution < -0.4 is 16.4 Å². The minimum Gasteiger partial charge on any atom is -0.397 e.